The molecule has 1 aromatic heterocycles. The van der Waals surface area contributed by atoms with E-state index in [0.29, 0.717) is 6.04 Å². The van der Waals surface area contributed by atoms with E-state index < -0.39 is 0 Å². The van der Waals surface area contributed by atoms with Crippen molar-refractivity contribution < 1.29 is 0 Å². The number of hydrogen-bond donors (Lipinski definition) is 2. The maximum absolute atomic E-state index is 5.06. The zero-order valence-electron chi connectivity index (χ0n) is 17.2. The highest BCUT2D eigenvalue weighted by molar-refractivity contribution is 5.98. The molecule has 4 aromatic rings. The number of fused-ring (bicyclic) bond motifs is 1. The summed E-state index contributed by atoms with van der Waals surface area (Å²) in [6.07, 6.45) is 2.43. The Labute approximate surface area is 177 Å². The summed E-state index contributed by atoms with van der Waals surface area (Å²) in [6.45, 7) is 3.36. The van der Waals surface area contributed by atoms with E-state index in [1.54, 1.807) is 0 Å². The molecule has 0 spiro atoms. The number of benzene rings is 3. The Bertz CT molecular complexity index is 1140. The monoisotopic (exact) mass is 394 g/mol. The standard InChI is InChI=1S/C26H26N4/c1-19-10-9-17-30(19)25-18-22-23(27-20-11-4-2-5-12-20)15-8-16-24(22)29-26(25)28-21-13-6-3-7-14-21/h2-8,11-16,18-19,27H,9-10,17H2,1H3,(H,28,29). The Balaban J connectivity index is 1.62. The molecular formula is C26H26N4. The summed E-state index contributed by atoms with van der Waals surface area (Å²) in [5, 5.41) is 8.26. The van der Waals surface area contributed by atoms with E-state index in [1.807, 2.05) is 36.4 Å². The fourth-order valence-corrected chi connectivity index (χ4v) is 4.23. The summed E-state index contributed by atoms with van der Waals surface area (Å²) in [7, 11) is 0. The molecular weight excluding hydrogens is 368 g/mol. The summed E-state index contributed by atoms with van der Waals surface area (Å²) < 4.78 is 0. The first-order chi connectivity index (χ1) is 14.8. The van der Waals surface area contributed by atoms with Crippen LogP contribution in [0.5, 0.6) is 0 Å². The van der Waals surface area contributed by atoms with Gasteiger partial charge in [-0.25, -0.2) is 4.98 Å². The topological polar surface area (TPSA) is 40.2 Å². The van der Waals surface area contributed by atoms with Crippen LogP contribution in [0.3, 0.4) is 0 Å². The summed E-state index contributed by atoms with van der Waals surface area (Å²) in [6, 6.07) is 29.6. The normalized spacial score (nSPS) is 16.0. The number of hydrogen-bond acceptors (Lipinski definition) is 4. The first kappa shape index (κ1) is 18.5. The van der Waals surface area contributed by atoms with Crippen molar-refractivity contribution in [1.29, 1.82) is 0 Å². The zero-order valence-corrected chi connectivity index (χ0v) is 17.2. The maximum Gasteiger partial charge on any atom is 0.154 e. The van der Waals surface area contributed by atoms with Crippen LogP contribution in [0.4, 0.5) is 28.6 Å². The second-order valence-corrected chi connectivity index (χ2v) is 7.90. The lowest BCUT2D eigenvalue weighted by Gasteiger charge is -2.27. The van der Waals surface area contributed by atoms with E-state index in [0.717, 1.165) is 40.3 Å². The fraction of sp³-hybridized carbons (Fsp3) is 0.192. The Hall–Kier alpha value is -3.53. The summed E-state index contributed by atoms with van der Waals surface area (Å²) in [5.74, 6) is 0.916. The Morgan fingerprint density at radius 1 is 0.833 bits per heavy atom. The molecule has 30 heavy (non-hydrogen) atoms. The molecule has 3 aromatic carbocycles. The van der Waals surface area contributed by atoms with Gasteiger partial charge in [0.15, 0.2) is 5.82 Å². The summed E-state index contributed by atoms with van der Waals surface area (Å²) in [4.78, 5) is 7.54. The lowest BCUT2D eigenvalue weighted by molar-refractivity contribution is 0.735. The SMILES string of the molecule is CC1CCCN1c1cc2c(Nc3ccccc3)cccc2nc1Nc1ccccc1. The van der Waals surface area contributed by atoms with Gasteiger partial charge in [0, 0.05) is 35.0 Å². The Morgan fingerprint density at radius 2 is 1.53 bits per heavy atom. The van der Waals surface area contributed by atoms with Gasteiger partial charge in [-0.05, 0) is 62.2 Å². The number of rotatable bonds is 5. The number of anilines is 5. The van der Waals surface area contributed by atoms with Gasteiger partial charge in [-0.3, -0.25) is 0 Å². The molecule has 0 saturated carbocycles. The maximum atomic E-state index is 5.06. The van der Waals surface area contributed by atoms with Crippen LogP contribution in [0, 0.1) is 0 Å². The van der Waals surface area contributed by atoms with E-state index in [4.69, 9.17) is 4.98 Å². The van der Waals surface area contributed by atoms with Crippen LogP contribution >= 0.6 is 0 Å². The molecule has 4 heteroatoms. The van der Waals surface area contributed by atoms with Crippen molar-refractivity contribution in [3.63, 3.8) is 0 Å². The number of nitrogens with zero attached hydrogens (tertiary/aromatic N) is 2. The van der Waals surface area contributed by atoms with Crippen LogP contribution in [-0.4, -0.2) is 17.6 Å². The second kappa shape index (κ2) is 8.07. The summed E-state index contributed by atoms with van der Waals surface area (Å²) in [5.41, 5.74) is 5.35. The van der Waals surface area contributed by atoms with E-state index >= 15 is 0 Å². The van der Waals surface area contributed by atoms with Gasteiger partial charge in [-0.2, -0.15) is 0 Å². The average Bonchev–Trinajstić information content (AvgIpc) is 3.21. The molecule has 4 nitrogen and oxygen atoms in total. The minimum absolute atomic E-state index is 0.509. The fourth-order valence-electron chi connectivity index (χ4n) is 4.23. The van der Waals surface area contributed by atoms with Gasteiger partial charge in [0.1, 0.15) is 0 Å². The van der Waals surface area contributed by atoms with Crippen LogP contribution in [0.15, 0.2) is 84.9 Å². The summed E-state index contributed by atoms with van der Waals surface area (Å²) >= 11 is 0. The van der Waals surface area contributed by atoms with Gasteiger partial charge in [-0.1, -0.05) is 42.5 Å². The Kier molecular flexibility index (Phi) is 4.98. The van der Waals surface area contributed by atoms with Gasteiger partial charge in [0.25, 0.3) is 0 Å². The second-order valence-electron chi connectivity index (χ2n) is 7.90. The quantitative estimate of drug-likeness (QED) is 0.395. The number of para-hydroxylation sites is 2. The van der Waals surface area contributed by atoms with Crippen molar-refractivity contribution >= 4 is 39.5 Å². The van der Waals surface area contributed by atoms with E-state index in [-0.39, 0.29) is 0 Å². The first-order valence-electron chi connectivity index (χ1n) is 10.6. The lowest BCUT2D eigenvalue weighted by Crippen LogP contribution is -2.27. The van der Waals surface area contributed by atoms with Crippen LogP contribution in [-0.2, 0) is 0 Å². The third-order valence-electron chi connectivity index (χ3n) is 5.79. The van der Waals surface area contributed by atoms with Crippen LogP contribution in [0.25, 0.3) is 10.9 Å². The minimum atomic E-state index is 0.509. The molecule has 2 N–H and O–H groups in total. The third kappa shape index (κ3) is 3.69. The first-order valence-corrected chi connectivity index (χ1v) is 10.6. The molecule has 0 radical (unpaired) electrons. The van der Waals surface area contributed by atoms with Crippen LogP contribution < -0.4 is 15.5 Å². The molecule has 1 atom stereocenters. The molecule has 1 saturated heterocycles. The number of aromatic nitrogens is 1. The minimum Gasteiger partial charge on any atom is -0.366 e. The van der Waals surface area contributed by atoms with E-state index in [9.17, 15) is 0 Å². The van der Waals surface area contributed by atoms with E-state index in [2.05, 4.69) is 71.0 Å². The number of nitrogens with one attached hydrogen (secondary N) is 2. The highest BCUT2D eigenvalue weighted by Crippen LogP contribution is 2.37. The molecule has 2 heterocycles. The highest BCUT2D eigenvalue weighted by atomic mass is 15.2. The van der Waals surface area contributed by atoms with E-state index in [1.165, 1.54) is 18.5 Å². The van der Waals surface area contributed by atoms with Crippen LogP contribution in [0.1, 0.15) is 19.8 Å². The van der Waals surface area contributed by atoms with Crippen molar-refractivity contribution in [2.75, 3.05) is 22.1 Å². The molecule has 0 bridgehead atoms. The largest absolute Gasteiger partial charge is 0.366 e. The third-order valence-corrected chi connectivity index (χ3v) is 5.79. The smallest absolute Gasteiger partial charge is 0.154 e. The van der Waals surface area contributed by atoms with Gasteiger partial charge in [0.2, 0.25) is 0 Å². The lowest BCUT2D eigenvalue weighted by atomic mass is 10.1. The molecule has 150 valence electrons. The molecule has 0 aliphatic carbocycles. The molecule has 5 rings (SSSR count). The average molecular weight is 395 g/mol. The zero-order chi connectivity index (χ0) is 20.3. The highest BCUT2D eigenvalue weighted by Gasteiger charge is 2.24. The van der Waals surface area contributed by atoms with Crippen molar-refractivity contribution in [2.45, 2.75) is 25.8 Å². The Morgan fingerprint density at radius 3 is 2.20 bits per heavy atom. The van der Waals surface area contributed by atoms with Crippen molar-refractivity contribution in [3.8, 4) is 0 Å². The van der Waals surface area contributed by atoms with Gasteiger partial charge in [0.05, 0.1) is 11.2 Å². The molecule has 1 aliphatic rings. The predicted molar refractivity (Wildman–Crippen MR) is 127 cm³/mol. The molecule has 0 amide bonds. The van der Waals surface area contributed by atoms with Gasteiger partial charge in [-0.15, -0.1) is 0 Å². The van der Waals surface area contributed by atoms with Gasteiger partial charge < -0.3 is 15.5 Å². The van der Waals surface area contributed by atoms with Gasteiger partial charge >= 0.3 is 0 Å². The number of pyridine rings is 1. The van der Waals surface area contributed by atoms with Crippen molar-refractivity contribution in [2.24, 2.45) is 0 Å². The molecule has 1 aliphatic heterocycles. The molecule has 1 unspecified atom stereocenters. The van der Waals surface area contributed by atoms with Crippen molar-refractivity contribution in [3.05, 3.63) is 84.9 Å². The van der Waals surface area contributed by atoms with Crippen molar-refractivity contribution in [1.82, 2.24) is 4.98 Å². The van der Waals surface area contributed by atoms with Crippen LogP contribution in [0.2, 0.25) is 0 Å². The predicted octanol–water partition coefficient (Wildman–Crippen LogP) is 6.71. The molecule has 1 fully saturated rings.